The highest BCUT2D eigenvalue weighted by Gasteiger charge is 2.17. The zero-order valence-corrected chi connectivity index (χ0v) is 10.0. The van der Waals surface area contributed by atoms with Crippen LogP contribution in [0.1, 0.15) is 5.56 Å². The second kappa shape index (κ2) is 3.40. The van der Waals surface area contributed by atoms with Crippen molar-refractivity contribution in [1.82, 2.24) is 4.98 Å². The third kappa shape index (κ3) is 1.73. The van der Waals surface area contributed by atoms with Crippen LogP contribution < -0.4 is 0 Å². The van der Waals surface area contributed by atoms with E-state index in [0.29, 0.717) is 15.9 Å². The molecule has 3 nitrogen and oxygen atoms in total. The zero-order valence-electron chi connectivity index (χ0n) is 7.71. The van der Waals surface area contributed by atoms with Crippen LogP contribution in [0.2, 0.25) is 5.02 Å². The molecule has 0 aliphatic heterocycles. The molecule has 0 saturated carbocycles. The van der Waals surface area contributed by atoms with E-state index in [2.05, 4.69) is 4.98 Å². The van der Waals surface area contributed by atoms with Gasteiger partial charge in [0.25, 0.3) is 9.05 Å². The first kappa shape index (κ1) is 10.8. The standard InChI is InChI=1S/C9H7Cl2NO2S/c1-5-2-3-6-7(15(11,13)14)4-12-9(6)8(5)10/h2-4,12H,1H3. The lowest BCUT2D eigenvalue weighted by molar-refractivity contribution is 0.610. The zero-order chi connectivity index (χ0) is 11.2. The van der Waals surface area contributed by atoms with Crippen molar-refractivity contribution in [2.24, 2.45) is 0 Å². The maximum Gasteiger partial charge on any atom is 0.263 e. The van der Waals surface area contributed by atoms with E-state index in [0.717, 1.165) is 5.56 Å². The fraction of sp³-hybridized carbons (Fsp3) is 0.111. The minimum Gasteiger partial charge on any atom is -0.359 e. The lowest BCUT2D eigenvalue weighted by Crippen LogP contribution is -1.87. The van der Waals surface area contributed by atoms with E-state index >= 15 is 0 Å². The molecule has 1 heterocycles. The highest BCUT2D eigenvalue weighted by atomic mass is 35.7. The number of halogens is 2. The van der Waals surface area contributed by atoms with Gasteiger partial charge in [-0.3, -0.25) is 0 Å². The summed E-state index contributed by atoms with van der Waals surface area (Å²) in [7, 11) is 1.55. The van der Waals surface area contributed by atoms with Crippen LogP contribution in [0.3, 0.4) is 0 Å². The van der Waals surface area contributed by atoms with Gasteiger partial charge in [0.15, 0.2) is 0 Å². The highest BCUT2D eigenvalue weighted by Crippen LogP contribution is 2.31. The Morgan fingerprint density at radius 3 is 2.60 bits per heavy atom. The van der Waals surface area contributed by atoms with Gasteiger partial charge in [-0.1, -0.05) is 23.7 Å². The molecular formula is C9H7Cl2NO2S. The van der Waals surface area contributed by atoms with Gasteiger partial charge in [-0.25, -0.2) is 8.42 Å². The number of H-pyrrole nitrogens is 1. The van der Waals surface area contributed by atoms with Crippen LogP contribution in [0.15, 0.2) is 23.2 Å². The third-order valence-corrected chi connectivity index (χ3v) is 4.06. The van der Waals surface area contributed by atoms with Crippen LogP contribution >= 0.6 is 22.3 Å². The van der Waals surface area contributed by atoms with E-state index in [1.807, 2.05) is 6.92 Å². The van der Waals surface area contributed by atoms with Gasteiger partial charge in [-0.15, -0.1) is 0 Å². The van der Waals surface area contributed by atoms with E-state index in [4.69, 9.17) is 22.3 Å². The number of rotatable bonds is 1. The Balaban J connectivity index is 2.90. The Labute approximate surface area is 96.4 Å². The van der Waals surface area contributed by atoms with Gasteiger partial charge >= 0.3 is 0 Å². The maximum atomic E-state index is 11.2. The lowest BCUT2D eigenvalue weighted by atomic mass is 10.2. The summed E-state index contributed by atoms with van der Waals surface area (Å²) in [6, 6.07) is 3.44. The van der Waals surface area contributed by atoms with Gasteiger partial charge in [-0.2, -0.15) is 0 Å². The van der Waals surface area contributed by atoms with Crippen molar-refractivity contribution >= 4 is 42.2 Å². The van der Waals surface area contributed by atoms with Crippen LogP contribution in [0.25, 0.3) is 10.9 Å². The Morgan fingerprint density at radius 1 is 1.33 bits per heavy atom. The first-order valence-electron chi connectivity index (χ1n) is 4.12. The number of benzene rings is 1. The van der Waals surface area contributed by atoms with Gasteiger partial charge in [0.1, 0.15) is 4.90 Å². The van der Waals surface area contributed by atoms with Crippen molar-refractivity contribution in [3.63, 3.8) is 0 Å². The summed E-state index contributed by atoms with van der Waals surface area (Å²) in [6.45, 7) is 1.84. The molecule has 0 radical (unpaired) electrons. The molecule has 2 aromatic rings. The van der Waals surface area contributed by atoms with Gasteiger partial charge in [0.2, 0.25) is 0 Å². The molecule has 0 saturated heterocycles. The molecule has 1 N–H and O–H groups in total. The molecule has 0 aliphatic carbocycles. The van der Waals surface area contributed by atoms with Crippen molar-refractivity contribution in [3.05, 3.63) is 28.9 Å². The first-order chi connectivity index (χ1) is 6.91. The maximum absolute atomic E-state index is 11.2. The summed E-state index contributed by atoms with van der Waals surface area (Å²) in [5.41, 5.74) is 1.47. The predicted molar refractivity (Wildman–Crippen MR) is 61.1 cm³/mol. The molecule has 0 amide bonds. The molecule has 1 aromatic heterocycles. The predicted octanol–water partition coefficient (Wildman–Crippen LogP) is 3.06. The van der Waals surface area contributed by atoms with Gasteiger partial charge in [0, 0.05) is 22.3 Å². The smallest absolute Gasteiger partial charge is 0.263 e. The highest BCUT2D eigenvalue weighted by molar-refractivity contribution is 8.14. The van der Waals surface area contributed by atoms with Crippen molar-refractivity contribution in [2.45, 2.75) is 11.8 Å². The molecular weight excluding hydrogens is 257 g/mol. The van der Waals surface area contributed by atoms with Crippen LogP contribution in [0.4, 0.5) is 0 Å². The molecule has 15 heavy (non-hydrogen) atoms. The van der Waals surface area contributed by atoms with Crippen molar-refractivity contribution < 1.29 is 8.42 Å². The van der Waals surface area contributed by atoms with Gasteiger partial charge in [-0.05, 0) is 12.5 Å². The minimum atomic E-state index is -3.73. The van der Waals surface area contributed by atoms with Crippen LogP contribution in [0, 0.1) is 6.92 Å². The summed E-state index contributed by atoms with van der Waals surface area (Å²) >= 11 is 6.02. The molecule has 6 heteroatoms. The van der Waals surface area contributed by atoms with Crippen molar-refractivity contribution in [1.29, 1.82) is 0 Å². The molecule has 0 spiro atoms. The van der Waals surface area contributed by atoms with E-state index in [1.54, 1.807) is 12.1 Å². The van der Waals surface area contributed by atoms with Gasteiger partial charge in [0.05, 0.1) is 10.5 Å². The number of hydrogen-bond donors (Lipinski definition) is 1. The topological polar surface area (TPSA) is 49.9 Å². The summed E-state index contributed by atoms with van der Waals surface area (Å²) in [5, 5.41) is 1.03. The lowest BCUT2D eigenvalue weighted by Gasteiger charge is -1.99. The normalized spacial score (nSPS) is 12.2. The Bertz CT molecular complexity index is 631. The summed E-state index contributed by atoms with van der Waals surface area (Å²) < 4.78 is 22.4. The molecule has 80 valence electrons. The second-order valence-corrected chi connectivity index (χ2v) is 6.12. The molecule has 1 aromatic carbocycles. The number of aryl methyl sites for hydroxylation is 1. The summed E-state index contributed by atoms with van der Waals surface area (Å²) in [5.74, 6) is 0. The summed E-state index contributed by atoms with van der Waals surface area (Å²) in [4.78, 5) is 2.86. The molecule has 0 atom stereocenters. The van der Waals surface area contributed by atoms with Crippen LogP contribution in [0.5, 0.6) is 0 Å². The largest absolute Gasteiger partial charge is 0.359 e. The molecule has 0 bridgehead atoms. The SMILES string of the molecule is Cc1ccc2c(S(=O)(=O)Cl)c[nH]c2c1Cl. The Kier molecular flexibility index (Phi) is 2.45. The number of nitrogens with one attached hydrogen (secondary N) is 1. The quantitative estimate of drug-likeness (QED) is 0.805. The van der Waals surface area contributed by atoms with E-state index < -0.39 is 9.05 Å². The van der Waals surface area contributed by atoms with E-state index in [9.17, 15) is 8.42 Å². The average Bonchev–Trinajstić information content (AvgIpc) is 2.54. The molecule has 0 aliphatic rings. The Hall–Kier alpha value is -0.710. The van der Waals surface area contributed by atoms with Crippen LogP contribution in [-0.4, -0.2) is 13.4 Å². The van der Waals surface area contributed by atoms with Crippen molar-refractivity contribution in [3.8, 4) is 0 Å². The molecule has 0 fully saturated rings. The number of aromatic nitrogens is 1. The number of aromatic amines is 1. The van der Waals surface area contributed by atoms with E-state index in [-0.39, 0.29) is 4.90 Å². The van der Waals surface area contributed by atoms with Crippen LogP contribution in [-0.2, 0) is 9.05 Å². The van der Waals surface area contributed by atoms with Crippen molar-refractivity contribution in [2.75, 3.05) is 0 Å². The second-order valence-electron chi connectivity index (χ2n) is 3.21. The number of hydrogen-bond acceptors (Lipinski definition) is 2. The minimum absolute atomic E-state index is 0.0565. The number of fused-ring (bicyclic) bond motifs is 1. The van der Waals surface area contributed by atoms with E-state index in [1.165, 1.54) is 6.20 Å². The average molecular weight is 264 g/mol. The van der Waals surface area contributed by atoms with Gasteiger partial charge < -0.3 is 4.98 Å². The fourth-order valence-corrected chi connectivity index (χ4v) is 2.68. The molecule has 2 rings (SSSR count). The third-order valence-electron chi connectivity index (χ3n) is 2.21. The monoisotopic (exact) mass is 263 g/mol. The summed E-state index contributed by atoms with van der Waals surface area (Å²) in [6.07, 6.45) is 1.35. The Morgan fingerprint density at radius 2 is 2.00 bits per heavy atom. The molecule has 0 unspecified atom stereocenters. The first-order valence-corrected chi connectivity index (χ1v) is 6.81. The fourth-order valence-electron chi connectivity index (χ4n) is 1.44.